The first kappa shape index (κ1) is 32.6. The molecular formula is C29H46ClN3O2. The van der Waals surface area contributed by atoms with Crippen molar-refractivity contribution in [3.8, 4) is 0 Å². The average molecular weight is 504 g/mol. The van der Waals surface area contributed by atoms with Gasteiger partial charge >= 0.3 is 5.97 Å². The van der Waals surface area contributed by atoms with Crippen LogP contribution in [0.15, 0.2) is 75.1 Å². The summed E-state index contributed by atoms with van der Waals surface area (Å²) in [7, 11) is 0. The van der Waals surface area contributed by atoms with E-state index in [1.54, 1.807) is 19.2 Å². The van der Waals surface area contributed by atoms with E-state index in [4.69, 9.17) is 11.6 Å². The molecule has 5 nitrogen and oxygen atoms in total. The largest absolute Gasteiger partial charge is 0.478 e. The number of piperazine rings is 1. The Morgan fingerprint density at radius 3 is 2.23 bits per heavy atom. The SMILES string of the molecule is CC/C=C/C=C(Cl)\C=C(/C)CCC.C\C=C(C(=O)O)/C(C(/C)=N/C=C/CC)=C(/C)N1CCNCC1. The van der Waals surface area contributed by atoms with E-state index in [9.17, 15) is 9.90 Å². The number of nitrogens with zero attached hydrogens (tertiary/aromatic N) is 2. The number of carboxylic acids is 1. The maximum atomic E-state index is 11.6. The number of nitrogens with one attached hydrogen (secondary N) is 1. The number of hydrogen-bond acceptors (Lipinski definition) is 4. The highest BCUT2D eigenvalue weighted by molar-refractivity contribution is 6.31. The zero-order valence-electron chi connectivity index (χ0n) is 22.8. The molecule has 196 valence electrons. The van der Waals surface area contributed by atoms with Crippen LogP contribution in [0.2, 0.25) is 0 Å². The second-order valence-electron chi connectivity index (χ2n) is 8.34. The lowest BCUT2D eigenvalue weighted by Crippen LogP contribution is -2.43. The summed E-state index contributed by atoms with van der Waals surface area (Å²) >= 11 is 5.98. The molecule has 1 rings (SSSR count). The van der Waals surface area contributed by atoms with Gasteiger partial charge in [0.1, 0.15) is 0 Å². The van der Waals surface area contributed by atoms with Crippen molar-refractivity contribution in [3.05, 3.63) is 70.1 Å². The third kappa shape index (κ3) is 13.9. The van der Waals surface area contributed by atoms with Gasteiger partial charge in [-0.3, -0.25) is 4.99 Å². The van der Waals surface area contributed by atoms with Crippen LogP contribution in [0.4, 0.5) is 0 Å². The van der Waals surface area contributed by atoms with Gasteiger partial charge in [0.25, 0.3) is 0 Å². The van der Waals surface area contributed by atoms with Gasteiger partial charge in [0, 0.05) is 54.4 Å². The molecule has 0 spiro atoms. The molecule has 0 aliphatic carbocycles. The first-order chi connectivity index (χ1) is 16.7. The Morgan fingerprint density at radius 2 is 1.71 bits per heavy atom. The highest BCUT2D eigenvalue weighted by Gasteiger charge is 2.21. The summed E-state index contributed by atoms with van der Waals surface area (Å²) in [5.74, 6) is -0.916. The van der Waals surface area contributed by atoms with Crippen LogP contribution in [0.3, 0.4) is 0 Å². The molecule has 1 fully saturated rings. The van der Waals surface area contributed by atoms with Gasteiger partial charge in [0.15, 0.2) is 0 Å². The molecular weight excluding hydrogens is 458 g/mol. The van der Waals surface area contributed by atoms with Crippen LogP contribution in [0, 0.1) is 0 Å². The number of rotatable bonds is 11. The van der Waals surface area contributed by atoms with Gasteiger partial charge in [0.05, 0.1) is 5.57 Å². The molecule has 2 N–H and O–H groups in total. The predicted octanol–water partition coefficient (Wildman–Crippen LogP) is 7.40. The molecule has 0 amide bonds. The number of allylic oxidation sites excluding steroid dienone is 9. The van der Waals surface area contributed by atoms with Crippen molar-refractivity contribution < 1.29 is 9.90 Å². The van der Waals surface area contributed by atoms with Crippen molar-refractivity contribution in [1.82, 2.24) is 10.2 Å². The number of carbonyl (C=O) groups is 1. The van der Waals surface area contributed by atoms with Crippen LogP contribution in [0.25, 0.3) is 0 Å². The molecule has 0 aromatic heterocycles. The maximum Gasteiger partial charge on any atom is 0.336 e. The molecule has 35 heavy (non-hydrogen) atoms. The normalized spacial score (nSPS) is 17.0. The molecule has 0 saturated carbocycles. The van der Waals surface area contributed by atoms with E-state index in [0.29, 0.717) is 5.57 Å². The minimum atomic E-state index is -0.916. The lowest BCUT2D eigenvalue weighted by atomic mass is 9.98. The van der Waals surface area contributed by atoms with E-state index in [1.807, 2.05) is 45.1 Å². The fourth-order valence-corrected chi connectivity index (χ4v) is 3.82. The van der Waals surface area contributed by atoms with Crippen molar-refractivity contribution in [2.24, 2.45) is 4.99 Å². The third-order valence-corrected chi connectivity index (χ3v) is 5.60. The minimum Gasteiger partial charge on any atom is -0.478 e. The second kappa shape index (κ2) is 19.9. The first-order valence-corrected chi connectivity index (χ1v) is 13.1. The summed E-state index contributed by atoms with van der Waals surface area (Å²) in [6.07, 6.45) is 17.7. The quantitative estimate of drug-likeness (QED) is 0.175. The number of aliphatic carboxylic acids is 1. The fraction of sp³-hybridized carbons (Fsp3) is 0.517. The summed E-state index contributed by atoms with van der Waals surface area (Å²) in [5, 5.41) is 13.6. The van der Waals surface area contributed by atoms with Crippen molar-refractivity contribution >= 4 is 23.3 Å². The van der Waals surface area contributed by atoms with Crippen molar-refractivity contribution in [1.29, 1.82) is 0 Å². The van der Waals surface area contributed by atoms with Crippen LogP contribution < -0.4 is 5.32 Å². The van der Waals surface area contributed by atoms with E-state index < -0.39 is 5.97 Å². The van der Waals surface area contributed by atoms with E-state index in [2.05, 4.69) is 42.1 Å². The average Bonchev–Trinajstić information content (AvgIpc) is 2.83. The molecule has 1 saturated heterocycles. The molecule has 0 radical (unpaired) electrons. The van der Waals surface area contributed by atoms with Gasteiger partial charge in [-0.2, -0.15) is 0 Å². The van der Waals surface area contributed by atoms with Crippen LogP contribution in [0.1, 0.15) is 74.1 Å². The van der Waals surface area contributed by atoms with Crippen LogP contribution in [-0.4, -0.2) is 47.9 Å². The van der Waals surface area contributed by atoms with Gasteiger partial charge in [-0.1, -0.05) is 68.7 Å². The van der Waals surface area contributed by atoms with Crippen molar-refractivity contribution in [2.45, 2.75) is 74.1 Å². The Bertz CT molecular complexity index is 855. The highest BCUT2D eigenvalue weighted by atomic mass is 35.5. The topological polar surface area (TPSA) is 64.9 Å². The summed E-state index contributed by atoms with van der Waals surface area (Å²) in [5.41, 5.74) is 4.08. The minimum absolute atomic E-state index is 0.308. The van der Waals surface area contributed by atoms with E-state index >= 15 is 0 Å². The molecule has 0 aromatic carbocycles. The van der Waals surface area contributed by atoms with Gasteiger partial charge < -0.3 is 15.3 Å². The lowest BCUT2D eigenvalue weighted by Gasteiger charge is -2.32. The van der Waals surface area contributed by atoms with E-state index in [1.165, 1.54) is 12.0 Å². The standard InChI is InChI=1S/C17H27N3O2.C12H19Cl/c1-5-7-8-19-13(3)16(15(6-2)17(21)22)14(4)20-11-9-18-10-12-20;1-4-6-7-9-12(13)10-11(3)8-5-2/h6-8,18H,5,9-12H2,1-4H3,(H,21,22);6-7,9-10H,4-5,8H2,1-3H3/b8-7+,15-6+,16-14-,19-13+;7-6+,11-10+,12-9+. The number of carboxylic acid groups (broad SMARTS) is 1. The lowest BCUT2D eigenvalue weighted by molar-refractivity contribution is -0.132. The zero-order valence-corrected chi connectivity index (χ0v) is 23.6. The molecule has 1 aliphatic heterocycles. The van der Waals surface area contributed by atoms with Crippen LogP contribution in [-0.2, 0) is 4.79 Å². The molecule has 0 unspecified atom stereocenters. The van der Waals surface area contributed by atoms with Crippen LogP contribution in [0.5, 0.6) is 0 Å². The van der Waals surface area contributed by atoms with Gasteiger partial charge in [-0.05, 0) is 59.1 Å². The Morgan fingerprint density at radius 1 is 1.09 bits per heavy atom. The molecule has 6 heteroatoms. The van der Waals surface area contributed by atoms with E-state index in [-0.39, 0.29) is 0 Å². The Hall–Kier alpha value is -2.37. The zero-order chi connectivity index (χ0) is 26.6. The second-order valence-corrected chi connectivity index (χ2v) is 8.78. The summed E-state index contributed by atoms with van der Waals surface area (Å²) in [6.45, 7) is 17.6. The third-order valence-electron chi connectivity index (χ3n) is 5.37. The first-order valence-electron chi connectivity index (χ1n) is 12.7. The monoisotopic (exact) mass is 503 g/mol. The summed E-state index contributed by atoms with van der Waals surface area (Å²) < 4.78 is 0. The smallest absolute Gasteiger partial charge is 0.336 e. The number of halogens is 1. The Kier molecular flexibility index (Phi) is 18.5. The fourth-order valence-electron chi connectivity index (χ4n) is 3.57. The van der Waals surface area contributed by atoms with Gasteiger partial charge in [0.2, 0.25) is 0 Å². The Balaban J connectivity index is 0.000000761. The van der Waals surface area contributed by atoms with Gasteiger partial charge in [-0.15, -0.1) is 0 Å². The van der Waals surface area contributed by atoms with E-state index in [0.717, 1.165) is 67.5 Å². The number of hydrogen-bond donors (Lipinski definition) is 2. The highest BCUT2D eigenvalue weighted by Crippen LogP contribution is 2.21. The van der Waals surface area contributed by atoms with Gasteiger partial charge in [-0.25, -0.2) is 4.79 Å². The molecule has 1 aliphatic rings. The van der Waals surface area contributed by atoms with Crippen LogP contribution >= 0.6 is 11.6 Å². The van der Waals surface area contributed by atoms with Crippen molar-refractivity contribution in [2.75, 3.05) is 26.2 Å². The van der Waals surface area contributed by atoms with Crippen molar-refractivity contribution in [3.63, 3.8) is 0 Å². The molecule has 0 aromatic rings. The molecule has 0 bridgehead atoms. The summed E-state index contributed by atoms with van der Waals surface area (Å²) in [6, 6.07) is 0. The summed E-state index contributed by atoms with van der Waals surface area (Å²) in [4.78, 5) is 18.2. The molecule has 1 heterocycles. The molecule has 0 atom stereocenters. The maximum absolute atomic E-state index is 11.6. The number of aliphatic imine (C=N–C) groups is 1. The Labute approximate surface area is 218 Å². The predicted molar refractivity (Wildman–Crippen MR) is 153 cm³/mol.